The van der Waals surface area contributed by atoms with Crippen LogP contribution in [0.3, 0.4) is 0 Å². The molecule has 128 valence electrons. The second-order valence-electron chi connectivity index (χ2n) is 6.22. The van der Waals surface area contributed by atoms with Crippen LogP contribution in [0.2, 0.25) is 0 Å². The number of carbonyl (C=O) groups excluding carboxylic acids is 3. The number of nitrogens with one attached hydrogen (secondary N) is 1. The largest absolute Gasteiger partial charge is 0.350 e. The highest BCUT2D eigenvalue weighted by Crippen LogP contribution is 2.21. The summed E-state index contributed by atoms with van der Waals surface area (Å²) in [7, 11) is 1.73. The first-order valence-corrected chi connectivity index (χ1v) is 8.20. The molecule has 0 aliphatic carbocycles. The molecule has 4 amide bonds. The lowest BCUT2D eigenvalue weighted by atomic mass is 10.2. The molecule has 1 aromatic rings. The van der Waals surface area contributed by atoms with Crippen molar-refractivity contribution in [3.63, 3.8) is 0 Å². The summed E-state index contributed by atoms with van der Waals surface area (Å²) in [6.07, 6.45) is 1.52. The lowest BCUT2D eigenvalue weighted by Crippen LogP contribution is -2.39. The molecule has 2 fully saturated rings. The third-order valence-electron chi connectivity index (χ3n) is 4.45. The topological polar surface area (TPSA) is 73.0 Å². The third kappa shape index (κ3) is 3.50. The van der Waals surface area contributed by atoms with Crippen molar-refractivity contribution in [2.24, 2.45) is 0 Å². The Hall–Kier alpha value is -2.57. The molecule has 0 atom stereocenters. The van der Waals surface area contributed by atoms with E-state index in [1.165, 1.54) is 4.90 Å². The van der Waals surface area contributed by atoms with Gasteiger partial charge >= 0.3 is 6.03 Å². The number of nitrogens with zero attached hydrogens (tertiary/aromatic N) is 3. The molecule has 1 N–H and O–H groups in total. The number of carbonyl (C=O) groups is 3. The minimum Gasteiger partial charge on any atom is -0.350 e. The molecule has 0 unspecified atom stereocenters. The normalized spacial score (nSPS) is 17.8. The Morgan fingerprint density at radius 3 is 2.46 bits per heavy atom. The molecule has 3 rings (SSSR count). The van der Waals surface area contributed by atoms with Gasteiger partial charge in [0.05, 0.1) is 0 Å². The van der Waals surface area contributed by atoms with Crippen LogP contribution in [0.1, 0.15) is 18.4 Å². The van der Waals surface area contributed by atoms with Crippen molar-refractivity contribution in [1.29, 1.82) is 0 Å². The fourth-order valence-electron chi connectivity index (χ4n) is 2.99. The highest BCUT2D eigenvalue weighted by Gasteiger charge is 2.26. The van der Waals surface area contributed by atoms with E-state index in [1.807, 2.05) is 24.3 Å². The van der Waals surface area contributed by atoms with E-state index >= 15 is 0 Å². The molecule has 2 aliphatic heterocycles. The Morgan fingerprint density at radius 1 is 1.12 bits per heavy atom. The van der Waals surface area contributed by atoms with Crippen LogP contribution in [0.15, 0.2) is 24.3 Å². The number of rotatable bonds is 5. The maximum atomic E-state index is 12.0. The summed E-state index contributed by atoms with van der Waals surface area (Å²) < 4.78 is 0. The second kappa shape index (κ2) is 6.90. The quantitative estimate of drug-likeness (QED) is 0.868. The molecular formula is C17H22N4O3. The second-order valence-corrected chi connectivity index (χ2v) is 6.22. The molecule has 2 saturated heterocycles. The van der Waals surface area contributed by atoms with Gasteiger partial charge in [-0.05, 0) is 24.1 Å². The van der Waals surface area contributed by atoms with E-state index in [2.05, 4.69) is 5.32 Å². The van der Waals surface area contributed by atoms with Crippen molar-refractivity contribution in [2.45, 2.75) is 19.4 Å². The maximum Gasteiger partial charge on any atom is 0.320 e. The van der Waals surface area contributed by atoms with Gasteiger partial charge in [0.15, 0.2) is 0 Å². The monoisotopic (exact) mass is 330 g/mol. The summed E-state index contributed by atoms with van der Waals surface area (Å²) in [6, 6.07) is 7.53. The summed E-state index contributed by atoms with van der Waals surface area (Å²) in [5.41, 5.74) is 1.86. The van der Waals surface area contributed by atoms with Gasteiger partial charge < -0.3 is 20.0 Å². The average molecular weight is 330 g/mol. The van der Waals surface area contributed by atoms with Gasteiger partial charge in [-0.2, -0.15) is 0 Å². The Kier molecular flexibility index (Phi) is 4.69. The number of benzene rings is 1. The molecular weight excluding hydrogens is 308 g/mol. The van der Waals surface area contributed by atoms with Gasteiger partial charge in [0.25, 0.3) is 0 Å². The van der Waals surface area contributed by atoms with Crippen LogP contribution in [-0.4, -0.2) is 60.9 Å². The number of anilines is 1. The van der Waals surface area contributed by atoms with Crippen LogP contribution >= 0.6 is 0 Å². The van der Waals surface area contributed by atoms with E-state index in [-0.39, 0.29) is 24.4 Å². The zero-order chi connectivity index (χ0) is 17.1. The first-order valence-electron chi connectivity index (χ1n) is 8.20. The van der Waals surface area contributed by atoms with Gasteiger partial charge in [-0.1, -0.05) is 12.1 Å². The molecule has 2 heterocycles. The Morgan fingerprint density at radius 2 is 1.88 bits per heavy atom. The van der Waals surface area contributed by atoms with Crippen molar-refractivity contribution in [1.82, 2.24) is 15.1 Å². The van der Waals surface area contributed by atoms with Gasteiger partial charge in [0.1, 0.15) is 6.54 Å². The van der Waals surface area contributed by atoms with Crippen molar-refractivity contribution < 1.29 is 14.4 Å². The Bertz CT molecular complexity index is 644. The fraction of sp³-hybridized carbons (Fsp3) is 0.471. The number of urea groups is 1. The predicted octanol–water partition coefficient (Wildman–Crippen LogP) is 0.797. The molecule has 0 aromatic heterocycles. The van der Waals surface area contributed by atoms with Gasteiger partial charge in [-0.15, -0.1) is 0 Å². The zero-order valence-corrected chi connectivity index (χ0v) is 13.8. The minimum atomic E-state index is -0.169. The molecule has 0 saturated carbocycles. The van der Waals surface area contributed by atoms with Crippen molar-refractivity contribution in [3.05, 3.63) is 29.8 Å². The van der Waals surface area contributed by atoms with Crippen LogP contribution in [0.4, 0.5) is 10.5 Å². The number of amides is 4. The minimum absolute atomic E-state index is 0.0868. The van der Waals surface area contributed by atoms with E-state index in [1.54, 1.807) is 16.8 Å². The Labute approximate surface area is 141 Å². The Balaban J connectivity index is 1.49. The van der Waals surface area contributed by atoms with E-state index in [9.17, 15) is 14.4 Å². The van der Waals surface area contributed by atoms with Gasteiger partial charge in [0.2, 0.25) is 11.8 Å². The van der Waals surface area contributed by atoms with E-state index in [0.29, 0.717) is 26.1 Å². The first-order chi connectivity index (χ1) is 11.5. The lowest BCUT2D eigenvalue weighted by Gasteiger charge is -2.17. The predicted molar refractivity (Wildman–Crippen MR) is 89.5 cm³/mol. The molecule has 24 heavy (non-hydrogen) atoms. The van der Waals surface area contributed by atoms with Crippen molar-refractivity contribution >= 4 is 23.5 Å². The van der Waals surface area contributed by atoms with Crippen LogP contribution < -0.4 is 10.2 Å². The number of hydrogen-bond donors (Lipinski definition) is 1. The van der Waals surface area contributed by atoms with Crippen molar-refractivity contribution in [3.8, 4) is 0 Å². The maximum absolute atomic E-state index is 12.0. The molecule has 0 bridgehead atoms. The SMILES string of the molecule is CN1CCN(CC(=O)NCc2ccc(N3CCCC3=O)cc2)C1=O. The third-order valence-corrected chi connectivity index (χ3v) is 4.45. The summed E-state index contributed by atoms with van der Waals surface area (Å²) >= 11 is 0. The fourth-order valence-corrected chi connectivity index (χ4v) is 2.99. The average Bonchev–Trinajstić information content (AvgIpc) is 3.14. The van der Waals surface area contributed by atoms with Crippen LogP contribution in [0.25, 0.3) is 0 Å². The summed E-state index contributed by atoms with van der Waals surface area (Å²) in [6.45, 7) is 2.51. The van der Waals surface area contributed by atoms with Gasteiger partial charge in [-0.25, -0.2) is 4.79 Å². The number of hydrogen-bond acceptors (Lipinski definition) is 3. The highest BCUT2D eigenvalue weighted by atomic mass is 16.2. The molecule has 7 heteroatoms. The standard InChI is InChI=1S/C17H22N4O3/c1-19-9-10-20(17(19)24)12-15(22)18-11-13-4-6-14(7-5-13)21-8-2-3-16(21)23/h4-7H,2-3,8-12H2,1H3,(H,18,22). The van der Waals surface area contributed by atoms with E-state index in [0.717, 1.165) is 24.2 Å². The van der Waals surface area contributed by atoms with Crippen LogP contribution in [0.5, 0.6) is 0 Å². The molecule has 0 spiro atoms. The first kappa shape index (κ1) is 16.3. The lowest BCUT2D eigenvalue weighted by molar-refractivity contribution is -0.121. The summed E-state index contributed by atoms with van der Waals surface area (Å²) in [5, 5.41) is 2.83. The molecule has 2 aliphatic rings. The number of likely N-dealkylation sites (N-methyl/N-ethyl adjacent to an activating group) is 1. The van der Waals surface area contributed by atoms with Gasteiger partial charge in [-0.3, -0.25) is 9.59 Å². The van der Waals surface area contributed by atoms with E-state index < -0.39 is 0 Å². The molecule has 7 nitrogen and oxygen atoms in total. The van der Waals surface area contributed by atoms with E-state index in [4.69, 9.17) is 0 Å². The van der Waals surface area contributed by atoms with Crippen LogP contribution in [0, 0.1) is 0 Å². The molecule has 1 aromatic carbocycles. The summed E-state index contributed by atoms with van der Waals surface area (Å²) in [4.78, 5) is 40.4. The molecule has 0 radical (unpaired) electrons. The van der Waals surface area contributed by atoms with Gasteiger partial charge in [0, 0.05) is 45.3 Å². The van der Waals surface area contributed by atoms with Crippen LogP contribution in [-0.2, 0) is 16.1 Å². The summed E-state index contributed by atoms with van der Waals surface area (Å²) in [5.74, 6) is -0.00579. The zero-order valence-electron chi connectivity index (χ0n) is 13.8. The van der Waals surface area contributed by atoms with Crippen molar-refractivity contribution in [2.75, 3.05) is 38.1 Å². The smallest absolute Gasteiger partial charge is 0.320 e. The highest BCUT2D eigenvalue weighted by molar-refractivity contribution is 5.95.